The van der Waals surface area contributed by atoms with Crippen LogP contribution in [-0.4, -0.2) is 36.4 Å². The normalized spacial score (nSPS) is 21.0. The Hall–Kier alpha value is -0.870. The Morgan fingerprint density at radius 3 is 2.23 bits per heavy atom. The first-order valence-electron chi connectivity index (χ1n) is 7.66. The van der Waals surface area contributed by atoms with Crippen LogP contribution in [-0.2, 0) is 14.8 Å². The molecule has 0 aliphatic carbocycles. The fraction of sp³-hybridized carbons (Fsp3) is 0.235. The molecule has 26 heavy (non-hydrogen) atoms. The molecule has 0 saturated carbocycles. The lowest BCUT2D eigenvalue weighted by molar-refractivity contribution is -0.141. The van der Waals surface area contributed by atoms with Crippen molar-refractivity contribution in [2.45, 2.75) is 23.3 Å². The Morgan fingerprint density at radius 1 is 1.12 bits per heavy atom. The molecule has 1 N–H and O–H groups in total. The van der Waals surface area contributed by atoms with Crippen LogP contribution < -0.4 is 0 Å². The van der Waals surface area contributed by atoms with Gasteiger partial charge in [-0.05, 0) is 64.9 Å². The van der Waals surface area contributed by atoms with E-state index < -0.39 is 28.0 Å². The summed E-state index contributed by atoms with van der Waals surface area (Å²) in [7, 11) is -4.04. The molecule has 1 heterocycles. The molecule has 1 fully saturated rings. The summed E-state index contributed by atoms with van der Waals surface area (Å²) in [4.78, 5) is 11.8. The topological polar surface area (TPSA) is 74.7 Å². The monoisotopic (exact) mass is 525 g/mol. The van der Waals surface area contributed by atoms with Crippen LogP contribution in [0.25, 0.3) is 0 Å². The van der Waals surface area contributed by atoms with Gasteiger partial charge in [-0.1, -0.05) is 35.3 Å². The zero-order valence-corrected chi connectivity index (χ0v) is 17.8. The van der Waals surface area contributed by atoms with Gasteiger partial charge in [0, 0.05) is 26.1 Å². The molecule has 1 aliphatic rings. The van der Waals surface area contributed by atoms with Gasteiger partial charge in [0.1, 0.15) is 6.04 Å². The van der Waals surface area contributed by atoms with Crippen LogP contribution in [0, 0.1) is 3.57 Å². The fourth-order valence-electron chi connectivity index (χ4n) is 3.20. The predicted molar refractivity (Wildman–Crippen MR) is 108 cm³/mol. The second-order valence-corrected chi connectivity index (χ2v) is 9.96. The van der Waals surface area contributed by atoms with Gasteiger partial charge in [0.15, 0.2) is 0 Å². The molecule has 9 heteroatoms. The van der Waals surface area contributed by atoms with Crippen molar-refractivity contribution >= 4 is 61.8 Å². The molecule has 3 rings (SSSR count). The smallest absolute Gasteiger partial charge is 0.322 e. The van der Waals surface area contributed by atoms with Crippen molar-refractivity contribution in [2.75, 3.05) is 6.54 Å². The highest BCUT2D eigenvalue weighted by Crippen LogP contribution is 2.38. The van der Waals surface area contributed by atoms with Crippen LogP contribution in [0.2, 0.25) is 10.0 Å². The summed E-state index contributed by atoms with van der Waals surface area (Å²) < 4.78 is 28.1. The molecular weight excluding hydrogens is 512 g/mol. The Morgan fingerprint density at radius 2 is 1.69 bits per heavy atom. The van der Waals surface area contributed by atoms with Gasteiger partial charge in [0.2, 0.25) is 10.0 Å². The van der Waals surface area contributed by atoms with Crippen LogP contribution >= 0.6 is 45.8 Å². The Bertz CT molecular complexity index is 929. The van der Waals surface area contributed by atoms with Crippen molar-refractivity contribution in [1.29, 1.82) is 0 Å². The first kappa shape index (κ1) is 19.9. The van der Waals surface area contributed by atoms with Gasteiger partial charge in [0.05, 0.1) is 4.90 Å². The molecule has 138 valence electrons. The van der Waals surface area contributed by atoms with E-state index in [1.807, 2.05) is 24.3 Å². The van der Waals surface area contributed by atoms with Crippen molar-refractivity contribution in [3.05, 3.63) is 61.6 Å². The molecule has 0 spiro atoms. The molecule has 2 atom stereocenters. The van der Waals surface area contributed by atoms with Gasteiger partial charge in [0.25, 0.3) is 0 Å². The molecule has 0 aromatic heterocycles. The van der Waals surface area contributed by atoms with Gasteiger partial charge in [-0.25, -0.2) is 8.42 Å². The minimum Gasteiger partial charge on any atom is -0.480 e. The van der Waals surface area contributed by atoms with Crippen molar-refractivity contribution in [3.8, 4) is 0 Å². The number of sulfonamides is 1. The van der Waals surface area contributed by atoms with Gasteiger partial charge in [-0.15, -0.1) is 0 Å². The number of aliphatic carboxylic acids is 1. The highest BCUT2D eigenvalue weighted by molar-refractivity contribution is 14.1. The standard InChI is InChI=1S/C17H14Cl2INO4S/c18-11-7-12(19)9-14(8-11)26(24,25)21-6-5-15(16(21)17(22)23)10-1-3-13(20)4-2-10/h1-4,7-9,15-16H,5-6H2,(H,22,23)/t15-,16+/m1/s1. The predicted octanol–water partition coefficient (Wildman–Crippen LogP) is 4.23. The van der Waals surface area contributed by atoms with E-state index in [1.165, 1.54) is 18.2 Å². The summed E-state index contributed by atoms with van der Waals surface area (Å²) >= 11 is 14.0. The number of carboxylic acid groups (broad SMARTS) is 1. The molecule has 0 bridgehead atoms. The van der Waals surface area contributed by atoms with E-state index in [9.17, 15) is 18.3 Å². The lowest BCUT2D eigenvalue weighted by Crippen LogP contribution is -2.42. The van der Waals surface area contributed by atoms with Crippen LogP contribution in [0.4, 0.5) is 0 Å². The summed E-state index contributed by atoms with van der Waals surface area (Å²) in [6.45, 7) is 0.111. The average molecular weight is 526 g/mol. The molecule has 1 saturated heterocycles. The molecule has 2 aromatic rings. The number of nitrogens with zero attached hydrogens (tertiary/aromatic N) is 1. The molecule has 1 aliphatic heterocycles. The maximum atomic E-state index is 13.0. The number of benzene rings is 2. The Balaban J connectivity index is 2.01. The van der Waals surface area contributed by atoms with E-state index >= 15 is 0 Å². The van der Waals surface area contributed by atoms with Crippen molar-refractivity contribution in [1.82, 2.24) is 4.31 Å². The van der Waals surface area contributed by atoms with E-state index in [2.05, 4.69) is 22.6 Å². The van der Waals surface area contributed by atoms with E-state index in [0.717, 1.165) is 13.4 Å². The summed E-state index contributed by atoms with van der Waals surface area (Å²) in [6.07, 6.45) is 0.422. The average Bonchev–Trinajstić information content (AvgIpc) is 3.00. The number of halogens is 3. The van der Waals surface area contributed by atoms with Crippen molar-refractivity contribution in [2.24, 2.45) is 0 Å². The highest BCUT2D eigenvalue weighted by atomic mass is 127. The number of carboxylic acids is 1. The third-order valence-corrected chi connectivity index (χ3v) is 7.36. The first-order chi connectivity index (χ1) is 12.2. The molecular formula is C17H14Cl2INO4S. The number of hydrogen-bond acceptors (Lipinski definition) is 3. The van der Waals surface area contributed by atoms with Crippen LogP contribution in [0.5, 0.6) is 0 Å². The number of carbonyl (C=O) groups is 1. The quantitative estimate of drug-likeness (QED) is 0.606. The second kappa shape index (κ2) is 7.63. The highest BCUT2D eigenvalue weighted by Gasteiger charge is 2.46. The van der Waals surface area contributed by atoms with Crippen LogP contribution in [0.15, 0.2) is 47.4 Å². The molecule has 5 nitrogen and oxygen atoms in total. The minimum atomic E-state index is -4.04. The van der Waals surface area contributed by atoms with Gasteiger partial charge < -0.3 is 5.11 Å². The Kier molecular flexibility index (Phi) is 5.83. The zero-order chi connectivity index (χ0) is 19.1. The number of rotatable bonds is 4. The third kappa shape index (κ3) is 3.87. The third-order valence-electron chi connectivity index (χ3n) is 4.35. The molecule has 0 unspecified atom stereocenters. The lowest BCUT2D eigenvalue weighted by Gasteiger charge is -2.24. The Labute approximate surface area is 175 Å². The van der Waals surface area contributed by atoms with E-state index in [-0.39, 0.29) is 21.5 Å². The lowest BCUT2D eigenvalue weighted by atomic mass is 9.92. The van der Waals surface area contributed by atoms with Crippen LogP contribution in [0.3, 0.4) is 0 Å². The molecule has 0 amide bonds. The van der Waals surface area contributed by atoms with Crippen molar-refractivity contribution < 1.29 is 18.3 Å². The summed E-state index contributed by atoms with van der Waals surface area (Å²) in [5.74, 6) is -1.60. The maximum Gasteiger partial charge on any atom is 0.322 e. The summed E-state index contributed by atoms with van der Waals surface area (Å²) in [5.41, 5.74) is 0.805. The van der Waals surface area contributed by atoms with E-state index in [4.69, 9.17) is 23.2 Å². The zero-order valence-electron chi connectivity index (χ0n) is 13.3. The SMILES string of the molecule is O=C(O)[C@@H]1[C@@H](c2ccc(I)cc2)CCN1S(=O)(=O)c1cc(Cl)cc(Cl)c1. The van der Waals surface area contributed by atoms with E-state index in [1.54, 1.807) is 0 Å². The van der Waals surface area contributed by atoms with Crippen LogP contribution in [0.1, 0.15) is 17.9 Å². The van der Waals surface area contributed by atoms with Gasteiger partial charge in [-0.2, -0.15) is 4.31 Å². The maximum absolute atomic E-state index is 13.0. The number of hydrogen-bond donors (Lipinski definition) is 1. The van der Waals surface area contributed by atoms with E-state index in [0.29, 0.717) is 6.42 Å². The minimum absolute atomic E-state index is 0.107. The first-order valence-corrected chi connectivity index (χ1v) is 10.9. The van der Waals surface area contributed by atoms with Gasteiger partial charge in [-0.3, -0.25) is 4.79 Å². The summed E-state index contributed by atoms with van der Waals surface area (Å²) in [5, 5.41) is 10.1. The summed E-state index contributed by atoms with van der Waals surface area (Å²) in [6, 6.07) is 10.2. The second-order valence-electron chi connectivity index (χ2n) is 5.95. The largest absolute Gasteiger partial charge is 0.480 e. The van der Waals surface area contributed by atoms with Crippen molar-refractivity contribution in [3.63, 3.8) is 0 Å². The van der Waals surface area contributed by atoms with Gasteiger partial charge >= 0.3 is 5.97 Å². The molecule has 0 radical (unpaired) electrons. The molecule has 2 aromatic carbocycles. The fourth-order valence-corrected chi connectivity index (χ4v) is 5.92.